The third-order valence-corrected chi connectivity index (χ3v) is 4.29. The van der Waals surface area contributed by atoms with Crippen LogP contribution in [0.4, 0.5) is 15.8 Å². The third-order valence-electron chi connectivity index (χ3n) is 4.29. The molecule has 0 fully saturated rings. The lowest BCUT2D eigenvalue weighted by Crippen LogP contribution is -2.43. The second kappa shape index (κ2) is 6.82. The van der Waals surface area contributed by atoms with E-state index in [1.54, 1.807) is 6.07 Å². The van der Waals surface area contributed by atoms with Gasteiger partial charge in [0.05, 0.1) is 6.54 Å². The number of hydrogen-bond acceptors (Lipinski definition) is 2. The van der Waals surface area contributed by atoms with Gasteiger partial charge in [-0.15, -0.1) is 0 Å². The molecular weight excluding hydrogens is 291 g/mol. The minimum atomic E-state index is -0.281. The average Bonchev–Trinajstić information content (AvgIpc) is 2.59. The predicted octanol–water partition coefficient (Wildman–Crippen LogP) is 3.63. The molecule has 2 aromatic rings. The minimum Gasteiger partial charge on any atom is -0.362 e. The topological polar surface area (TPSA) is 23.6 Å². The highest BCUT2D eigenvalue weighted by Gasteiger charge is 2.23. The highest BCUT2D eigenvalue weighted by molar-refractivity contribution is 5.97. The molecule has 0 atom stereocenters. The van der Waals surface area contributed by atoms with Gasteiger partial charge in [-0.25, -0.2) is 4.39 Å². The maximum absolute atomic E-state index is 13.4. The second-order valence-corrected chi connectivity index (χ2v) is 5.77. The van der Waals surface area contributed by atoms with Crippen LogP contribution in [0.25, 0.3) is 0 Å². The third kappa shape index (κ3) is 3.36. The van der Waals surface area contributed by atoms with Gasteiger partial charge in [-0.05, 0) is 49.6 Å². The summed E-state index contributed by atoms with van der Waals surface area (Å²) in [6.07, 6.45) is 2.00. The molecule has 0 radical (unpaired) electrons. The molecule has 0 N–H and O–H groups in total. The van der Waals surface area contributed by atoms with Gasteiger partial charge in [-0.3, -0.25) is 4.79 Å². The first kappa shape index (κ1) is 15.5. The van der Waals surface area contributed by atoms with E-state index in [9.17, 15) is 9.18 Å². The van der Waals surface area contributed by atoms with Gasteiger partial charge in [0.25, 0.3) is 0 Å². The Morgan fingerprint density at radius 3 is 2.83 bits per heavy atom. The lowest BCUT2D eigenvalue weighted by atomic mass is 10.0. The summed E-state index contributed by atoms with van der Waals surface area (Å²) in [7, 11) is 0. The molecule has 3 rings (SSSR count). The van der Waals surface area contributed by atoms with Gasteiger partial charge in [0.1, 0.15) is 5.82 Å². The zero-order valence-electron chi connectivity index (χ0n) is 13.3. The van der Waals surface area contributed by atoms with Crippen molar-refractivity contribution in [1.29, 1.82) is 0 Å². The van der Waals surface area contributed by atoms with Gasteiger partial charge in [0.15, 0.2) is 0 Å². The summed E-state index contributed by atoms with van der Waals surface area (Å²) in [5.74, 6) is -0.222. The smallest absolute Gasteiger partial charge is 0.246 e. The average molecular weight is 312 g/mol. The summed E-state index contributed by atoms with van der Waals surface area (Å²) >= 11 is 0. The number of carbonyl (C=O) groups excluding carboxylic acids is 1. The van der Waals surface area contributed by atoms with Crippen LogP contribution >= 0.6 is 0 Å². The standard InChI is InChI=1S/C19H21FN2O/c1-2-21(17-10-5-9-16(20)13-17)14-19(23)22-12-6-8-15-7-3-4-11-18(15)22/h3-5,7,9-11,13H,2,6,8,12,14H2,1H3. The van der Waals surface area contributed by atoms with Gasteiger partial charge in [0.2, 0.25) is 5.91 Å². The first-order valence-corrected chi connectivity index (χ1v) is 8.08. The minimum absolute atomic E-state index is 0.0586. The number of carbonyl (C=O) groups is 1. The number of amides is 1. The highest BCUT2D eigenvalue weighted by Crippen LogP contribution is 2.27. The molecule has 0 saturated carbocycles. The molecule has 0 aromatic heterocycles. The van der Waals surface area contributed by atoms with Crippen LogP contribution in [0.3, 0.4) is 0 Å². The summed E-state index contributed by atoms with van der Waals surface area (Å²) in [6.45, 7) is 3.64. The molecule has 3 nitrogen and oxygen atoms in total. The zero-order valence-corrected chi connectivity index (χ0v) is 13.3. The molecule has 1 amide bonds. The van der Waals surface area contributed by atoms with Crippen LogP contribution in [-0.2, 0) is 11.2 Å². The lowest BCUT2D eigenvalue weighted by molar-refractivity contribution is -0.117. The Kier molecular flexibility index (Phi) is 4.60. The van der Waals surface area contributed by atoms with E-state index in [0.717, 1.165) is 30.8 Å². The van der Waals surface area contributed by atoms with Crippen molar-refractivity contribution in [1.82, 2.24) is 0 Å². The summed E-state index contributed by atoms with van der Waals surface area (Å²) in [5, 5.41) is 0. The number of benzene rings is 2. The SMILES string of the molecule is CCN(CC(=O)N1CCCc2ccccc21)c1cccc(F)c1. The van der Waals surface area contributed by atoms with E-state index < -0.39 is 0 Å². The Bertz CT molecular complexity index is 701. The molecule has 0 unspecified atom stereocenters. The lowest BCUT2D eigenvalue weighted by Gasteiger charge is -2.32. The Balaban J connectivity index is 1.79. The molecule has 1 heterocycles. The van der Waals surface area contributed by atoms with Crippen LogP contribution < -0.4 is 9.80 Å². The Morgan fingerprint density at radius 1 is 1.22 bits per heavy atom. The quantitative estimate of drug-likeness (QED) is 0.860. The number of anilines is 2. The number of para-hydroxylation sites is 1. The van der Waals surface area contributed by atoms with E-state index in [1.807, 2.05) is 41.0 Å². The normalized spacial score (nSPS) is 13.6. The van der Waals surface area contributed by atoms with Gasteiger partial charge in [-0.2, -0.15) is 0 Å². The summed E-state index contributed by atoms with van der Waals surface area (Å²) < 4.78 is 13.4. The van der Waals surface area contributed by atoms with Crippen molar-refractivity contribution in [3.63, 3.8) is 0 Å². The van der Waals surface area contributed by atoms with Crippen LogP contribution in [0.1, 0.15) is 18.9 Å². The molecule has 0 saturated heterocycles. The number of nitrogens with zero attached hydrogens (tertiary/aromatic N) is 2. The Morgan fingerprint density at radius 2 is 2.04 bits per heavy atom. The van der Waals surface area contributed by atoms with Crippen molar-refractivity contribution in [3.8, 4) is 0 Å². The predicted molar refractivity (Wildman–Crippen MR) is 91.4 cm³/mol. The molecule has 1 aliphatic heterocycles. The summed E-state index contributed by atoms with van der Waals surface area (Å²) in [5.41, 5.74) is 2.98. The summed E-state index contributed by atoms with van der Waals surface area (Å²) in [6, 6.07) is 14.5. The van der Waals surface area contributed by atoms with Crippen molar-refractivity contribution >= 4 is 17.3 Å². The maximum atomic E-state index is 13.4. The number of rotatable bonds is 4. The van der Waals surface area contributed by atoms with Crippen molar-refractivity contribution in [2.45, 2.75) is 19.8 Å². The molecule has 2 aromatic carbocycles. The fourth-order valence-corrected chi connectivity index (χ4v) is 3.10. The maximum Gasteiger partial charge on any atom is 0.246 e. The largest absolute Gasteiger partial charge is 0.362 e. The number of halogens is 1. The molecule has 4 heteroatoms. The van der Waals surface area contributed by atoms with Crippen molar-refractivity contribution in [2.24, 2.45) is 0 Å². The molecule has 0 bridgehead atoms. The van der Waals surface area contributed by atoms with Crippen LogP contribution in [0.5, 0.6) is 0 Å². The van der Waals surface area contributed by atoms with Gasteiger partial charge < -0.3 is 9.80 Å². The Hall–Kier alpha value is -2.36. The zero-order chi connectivity index (χ0) is 16.2. The monoisotopic (exact) mass is 312 g/mol. The van der Waals surface area contributed by atoms with Crippen LogP contribution in [-0.4, -0.2) is 25.5 Å². The molecule has 0 aliphatic carbocycles. The van der Waals surface area contributed by atoms with E-state index in [1.165, 1.54) is 17.7 Å². The van der Waals surface area contributed by atoms with Crippen molar-refractivity contribution in [3.05, 3.63) is 59.9 Å². The van der Waals surface area contributed by atoms with Crippen molar-refractivity contribution in [2.75, 3.05) is 29.4 Å². The van der Waals surface area contributed by atoms with Crippen molar-refractivity contribution < 1.29 is 9.18 Å². The van der Waals surface area contributed by atoms with Gasteiger partial charge >= 0.3 is 0 Å². The molecule has 23 heavy (non-hydrogen) atoms. The van der Waals surface area contributed by atoms with Crippen LogP contribution in [0.15, 0.2) is 48.5 Å². The van der Waals surface area contributed by atoms with Crippen LogP contribution in [0, 0.1) is 5.82 Å². The van der Waals surface area contributed by atoms with Gasteiger partial charge in [-0.1, -0.05) is 24.3 Å². The van der Waals surface area contributed by atoms with E-state index in [4.69, 9.17) is 0 Å². The van der Waals surface area contributed by atoms with Crippen LogP contribution in [0.2, 0.25) is 0 Å². The van der Waals surface area contributed by atoms with Gasteiger partial charge in [0, 0.05) is 24.5 Å². The van der Waals surface area contributed by atoms with E-state index in [2.05, 4.69) is 6.07 Å². The van der Waals surface area contributed by atoms with E-state index in [0.29, 0.717) is 6.54 Å². The molecule has 120 valence electrons. The van der Waals surface area contributed by atoms with E-state index >= 15 is 0 Å². The summed E-state index contributed by atoms with van der Waals surface area (Å²) in [4.78, 5) is 16.5. The van der Waals surface area contributed by atoms with E-state index in [-0.39, 0.29) is 18.3 Å². The Labute approximate surface area is 136 Å². The first-order valence-electron chi connectivity index (χ1n) is 8.08. The number of fused-ring (bicyclic) bond motifs is 1. The highest BCUT2D eigenvalue weighted by atomic mass is 19.1. The first-order chi connectivity index (χ1) is 11.2. The molecule has 1 aliphatic rings. The second-order valence-electron chi connectivity index (χ2n) is 5.77. The molecular formula is C19H21FN2O. The molecule has 0 spiro atoms. The fraction of sp³-hybridized carbons (Fsp3) is 0.316. The number of hydrogen-bond donors (Lipinski definition) is 0. The fourth-order valence-electron chi connectivity index (χ4n) is 3.10. The number of aryl methyl sites for hydroxylation is 1. The number of likely N-dealkylation sites (N-methyl/N-ethyl adjacent to an activating group) is 1.